The van der Waals surface area contributed by atoms with Crippen LogP contribution in [0, 0.1) is 11.6 Å². The second-order valence-corrected chi connectivity index (χ2v) is 5.57. The van der Waals surface area contributed by atoms with Gasteiger partial charge >= 0.3 is 5.97 Å². The Hall–Kier alpha value is -3.21. The van der Waals surface area contributed by atoms with Crippen molar-refractivity contribution in [3.63, 3.8) is 0 Å². The molecule has 0 saturated carbocycles. The lowest BCUT2D eigenvalue weighted by Crippen LogP contribution is -2.09. The molecule has 132 valence electrons. The van der Waals surface area contributed by atoms with Crippen LogP contribution < -0.4 is 9.47 Å². The molecule has 26 heavy (non-hydrogen) atoms. The van der Waals surface area contributed by atoms with Crippen molar-refractivity contribution in [2.45, 2.75) is 6.92 Å². The van der Waals surface area contributed by atoms with Crippen LogP contribution in [-0.2, 0) is 0 Å². The average Bonchev–Trinajstić information content (AvgIpc) is 2.63. The van der Waals surface area contributed by atoms with Crippen LogP contribution in [-0.4, -0.2) is 12.6 Å². The number of hydrogen-bond acceptors (Lipinski definition) is 3. The second-order valence-electron chi connectivity index (χ2n) is 5.57. The summed E-state index contributed by atoms with van der Waals surface area (Å²) in [6, 6.07) is 13.0. The summed E-state index contributed by atoms with van der Waals surface area (Å²) in [5.74, 6) is -1.59. The van der Waals surface area contributed by atoms with Crippen molar-refractivity contribution in [1.82, 2.24) is 0 Å². The fourth-order valence-corrected chi connectivity index (χ4v) is 2.40. The molecule has 0 spiro atoms. The first kappa shape index (κ1) is 17.6. The van der Waals surface area contributed by atoms with Gasteiger partial charge in [-0.3, -0.25) is 0 Å². The number of esters is 1. The van der Waals surface area contributed by atoms with Crippen molar-refractivity contribution >= 4 is 16.7 Å². The molecule has 3 rings (SSSR count). The first-order valence-electron chi connectivity index (χ1n) is 8.02. The summed E-state index contributed by atoms with van der Waals surface area (Å²) in [5, 5.41) is 1.35. The van der Waals surface area contributed by atoms with Gasteiger partial charge in [0.05, 0.1) is 5.56 Å². The highest BCUT2D eigenvalue weighted by Crippen LogP contribution is 2.24. The molecule has 0 saturated heterocycles. The van der Waals surface area contributed by atoms with Crippen LogP contribution in [0.25, 0.3) is 10.8 Å². The minimum Gasteiger partial charge on any atom is -0.489 e. The molecule has 0 amide bonds. The van der Waals surface area contributed by atoms with E-state index in [0.29, 0.717) is 23.1 Å². The highest BCUT2D eigenvalue weighted by Gasteiger charge is 2.13. The van der Waals surface area contributed by atoms with Gasteiger partial charge in [0.15, 0.2) is 11.6 Å². The predicted octanol–water partition coefficient (Wildman–Crippen LogP) is 5.29. The molecule has 0 aromatic heterocycles. The molecule has 3 nitrogen and oxygen atoms in total. The Morgan fingerprint density at radius 1 is 1.00 bits per heavy atom. The van der Waals surface area contributed by atoms with Gasteiger partial charge in [0.2, 0.25) is 0 Å². The smallest absolute Gasteiger partial charge is 0.343 e. The highest BCUT2D eigenvalue weighted by atomic mass is 19.1. The zero-order valence-corrected chi connectivity index (χ0v) is 14.0. The zero-order valence-electron chi connectivity index (χ0n) is 14.0. The number of halogens is 2. The summed E-state index contributed by atoms with van der Waals surface area (Å²) in [6.45, 7) is 2.18. The van der Waals surface area contributed by atoms with E-state index < -0.39 is 11.8 Å². The molecule has 0 radical (unpaired) electrons. The maximum absolute atomic E-state index is 14.1. The molecule has 5 heteroatoms. The van der Waals surface area contributed by atoms with Crippen LogP contribution in [0.2, 0.25) is 0 Å². The number of rotatable bonds is 5. The number of allylic oxidation sites excluding steroid dienone is 1. The summed E-state index contributed by atoms with van der Waals surface area (Å²) >= 11 is 0. The maximum Gasteiger partial charge on any atom is 0.343 e. The topological polar surface area (TPSA) is 35.5 Å². The molecule has 0 atom stereocenters. The largest absolute Gasteiger partial charge is 0.489 e. The molecule has 0 unspecified atom stereocenters. The lowest BCUT2D eigenvalue weighted by Gasteiger charge is -2.08. The molecule has 3 aromatic rings. The van der Waals surface area contributed by atoms with Crippen LogP contribution in [0.1, 0.15) is 17.3 Å². The van der Waals surface area contributed by atoms with E-state index in [1.165, 1.54) is 30.3 Å². The molecule has 0 aliphatic carbocycles. The predicted molar refractivity (Wildman–Crippen MR) is 95.6 cm³/mol. The number of benzene rings is 3. The molecule has 0 N–H and O–H groups in total. The van der Waals surface area contributed by atoms with E-state index in [-0.39, 0.29) is 17.1 Å². The molecule has 0 fully saturated rings. The SMILES string of the molecule is CC=CCOc1ccc(OC(=O)c2ccc3cc(F)ccc3c2)c(F)c1. The normalized spacial score (nSPS) is 11.0. The van der Waals surface area contributed by atoms with Crippen LogP contribution >= 0.6 is 0 Å². The minimum atomic E-state index is -0.697. The third kappa shape index (κ3) is 4.06. The van der Waals surface area contributed by atoms with Gasteiger partial charge in [0.25, 0.3) is 0 Å². The minimum absolute atomic E-state index is 0.187. The lowest BCUT2D eigenvalue weighted by molar-refractivity contribution is 0.0727. The van der Waals surface area contributed by atoms with E-state index >= 15 is 0 Å². The Balaban J connectivity index is 1.76. The van der Waals surface area contributed by atoms with E-state index in [0.717, 1.165) is 6.07 Å². The first-order valence-corrected chi connectivity index (χ1v) is 8.02. The van der Waals surface area contributed by atoms with Crippen molar-refractivity contribution in [2.24, 2.45) is 0 Å². The van der Waals surface area contributed by atoms with Gasteiger partial charge in [-0.1, -0.05) is 24.3 Å². The van der Waals surface area contributed by atoms with Crippen LogP contribution in [0.4, 0.5) is 8.78 Å². The van der Waals surface area contributed by atoms with Crippen LogP contribution in [0.3, 0.4) is 0 Å². The number of hydrogen-bond donors (Lipinski definition) is 0. The van der Waals surface area contributed by atoms with Crippen molar-refractivity contribution in [1.29, 1.82) is 0 Å². The average molecular weight is 354 g/mol. The summed E-state index contributed by atoms with van der Waals surface area (Å²) in [7, 11) is 0. The monoisotopic (exact) mass is 354 g/mol. The number of carbonyl (C=O) groups excluding carboxylic acids is 1. The molecular formula is C21H16F2O3. The standard InChI is InChI=1S/C21H16F2O3/c1-2-3-10-25-18-8-9-20(19(23)13-18)26-21(24)16-5-4-15-12-17(22)7-6-14(15)11-16/h2-9,11-13H,10H2,1H3. The van der Waals surface area contributed by atoms with Gasteiger partial charge in [-0.25, -0.2) is 13.6 Å². The van der Waals surface area contributed by atoms with Crippen molar-refractivity contribution in [3.05, 3.63) is 83.9 Å². The van der Waals surface area contributed by atoms with E-state index in [9.17, 15) is 13.6 Å². The van der Waals surface area contributed by atoms with Gasteiger partial charge in [-0.15, -0.1) is 0 Å². The molecule has 0 aliphatic rings. The van der Waals surface area contributed by atoms with Gasteiger partial charge in [-0.2, -0.15) is 0 Å². The van der Waals surface area contributed by atoms with Crippen molar-refractivity contribution in [3.8, 4) is 11.5 Å². The maximum atomic E-state index is 14.1. The van der Waals surface area contributed by atoms with Crippen LogP contribution in [0.15, 0.2) is 66.7 Å². The van der Waals surface area contributed by atoms with E-state index in [4.69, 9.17) is 9.47 Å². The molecule has 3 aromatic carbocycles. The Morgan fingerprint density at radius 2 is 1.77 bits per heavy atom. The highest BCUT2D eigenvalue weighted by molar-refractivity contribution is 5.96. The Bertz CT molecular complexity index is 980. The summed E-state index contributed by atoms with van der Waals surface area (Å²) in [5.41, 5.74) is 0.247. The fraction of sp³-hybridized carbons (Fsp3) is 0.0952. The second kappa shape index (κ2) is 7.78. The Labute approximate surface area is 149 Å². The third-order valence-corrected chi connectivity index (χ3v) is 3.73. The quantitative estimate of drug-likeness (QED) is 0.355. The van der Waals surface area contributed by atoms with E-state index in [2.05, 4.69) is 0 Å². The van der Waals surface area contributed by atoms with Gasteiger partial charge in [0.1, 0.15) is 18.2 Å². The van der Waals surface area contributed by atoms with Crippen molar-refractivity contribution < 1.29 is 23.0 Å². The van der Waals surface area contributed by atoms with Crippen molar-refractivity contribution in [2.75, 3.05) is 6.61 Å². The Morgan fingerprint density at radius 3 is 2.54 bits per heavy atom. The summed E-state index contributed by atoms with van der Waals surface area (Å²) < 4.78 is 37.8. The fourth-order valence-electron chi connectivity index (χ4n) is 2.40. The number of ether oxygens (including phenoxy) is 2. The summed E-state index contributed by atoms with van der Waals surface area (Å²) in [4.78, 5) is 12.3. The van der Waals surface area contributed by atoms with E-state index in [1.54, 1.807) is 24.3 Å². The zero-order chi connectivity index (χ0) is 18.5. The lowest BCUT2D eigenvalue weighted by atomic mass is 10.1. The first-order chi connectivity index (χ1) is 12.6. The van der Waals surface area contributed by atoms with Crippen LogP contribution in [0.5, 0.6) is 11.5 Å². The molecule has 0 bridgehead atoms. The van der Waals surface area contributed by atoms with E-state index in [1.807, 2.05) is 13.0 Å². The molecule has 0 aliphatic heterocycles. The summed E-state index contributed by atoms with van der Waals surface area (Å²) in [6.07, 6.45) is 3.61. The number of carbonyl (C=O) groups is 1. The van der Waals surface area contributed by atoms with Gasteiger partial charge in [0, 0.05) is 6.07 Å². The van der Waals surface area contributed by atoms with Gasteiger partial charge in [-0.05, 0) is 54.1 Å². The molecule has 0 heterocycles. The number of fused-ring (bicyclic) bond motifs is 1. The van der Waals surface area contributed by atoms with Gasteiger partial charge < -0.3 is 9.47 Å². The molecular weight excluding hydrogens is 338 g/mol. The third-order valence-electron chi connectivity index (χ3n) is 3.73. The Kier molecular flexibility index (Phi) is 5.27.